The van der Waals surface area contributed by atoms with E-state index in [1.807, 2.05) is 11.7 Å². The van der Waals surface area contributed by atoms with E-state index in [4.69, 9.17) is 12.2 Å². The van der Waals surface area contributed by atoms with Gasteiger partial charge < -0.3 is 5.32 Å². The second-order valence-corrected chi connectivity index (χ2v) is 7.51. The maximum atomic E-state index is 5.37. The summed E-state index contributed by atoms with van der Waals surface area (Å²) in [6, 6.07) is 8.65. The van der Waals surface area contributed by atoms with Crippen LogP contribution in [0.5, 0.6) is 0 Å². The molecule has 1 aromatic carbocycles. The largest absolute Gasteiger partial charge is 0.363 e. The van der Waals surface area contributed by atoms with Crippen LogP contribution in [-0.4, -0.2) is 52.8 Å². The zero-order chi connectivity index (χ0) is 16.2. The minimum atomic E-state index is 0.787. The van der Waals surface area contributed by atoms with Gasteiger partial charge in [0.05, 0.1) is 6.67 Å². The minimum Gasteiger partial charge on any atom is -0.363 e. The van der Waals surface area contributed by atoms with Crippen LogP contribution in [0.15, 0.2) is 24.3 Å². The number of anilines is 1. The summed E-state index contributed by atoms with van der Waals surface area (Å²) in [5, 5.41) is 8.43. The third kappa shape index (κ3) is 4.17. The average Bonchev–Trinajstić information content (AvgIpc) is 2.91. The topological polar surface area (TPSA) is 36.3 Å². The van der Waals surface area contributed by atoms with Crippen LogP contribution in [0, 0.1) is 10.9 Å². The Hall–Kier alpha value is -1.28. The lowest BCUT2D eigenvalue weighted by molar-refractivity contribution is 0.0984. The lowest BCUT2D eigenvalue weighted by Crippen LogP contribution is -2.46. The molecular weight excluding hydrogens is 326 g/mol. The van der Waals surface area contributed by atoms with Crippen LogP contribution >= 0.6 is 23.6 Å². The van der Waals surface area contributed by atoms with Crippen molar-refractivity contribution >= 4 is 28.7 Å². The summed E-state index contributed by atoms with van der Waals surface area (Å²) in [5.74, 6) is 0. The van der Waals surface area contributed by atoms with Crippen molar-refractivity contribution in [2.45, 2.75) is 20.1 Å². The molecule has 7 heteroatoms. The van der Waals surface area contributed by atoms with Crippen LogP contribution < -0.4 is 5.32 Å². The molecule has 1 aromatic heterocycles. The number of aromatic nitrogens is 2. The van der Waals surface area contributed by atoms with Gasteiger partial charge in [0.25, 0.3) is 0 Å². The number of nitrogens with one attached hydrogen (secondary N) is 1. The van der Waals surface area contributed by atoms with Gasteiger partial charge in [-0.1, -0.05) is 35.6 Å². The van der Waals surface area contributed by atoms with E-state index in [0.29, 0.717) is 0 Å². The van der Waals surface area contributed by atoms with E-state index in [1.54, 1.807) is 0 Å². The summed E-state index contributed by atoms with van der Waals surface area (Å²) in [7, 11) is 1.88. The first-order valence-electron chi connectivity index (χ1n) is 7.90. The number of nitrogens with zero attached hydrogens (tertiary/aromatic N) is 4. The fourth-order valence-electron chi connectivity index (χ4n) is 2.80. The molecule has 0 unspecified atom stereocenters. The summed E-state index contributed by atoms with van der Waals surface area (Å²) < 4.78 is 2.75. The first kappa shape index (κ1) is 16.6. The monoisotopic (exact) mass is 349 g/mol. The van der Waals surface area contributed by atoms with Crippen molar-refractivity contribution in [1.82, 2.24) is 19.6 Å². The molecule has 0 aliphatic carbocycles. The maximum Gasteiger partial charge on any atom is 0.204 e. The second kappa shape index (κ2) is 7.53. The lowest BCUT2D eigenvalue weighted by Gasteiger charge is -2.34. The summed E-state index contributed by atoms with van der Waals surface area (Å²) in [5.41, 5.74) is 2.81. The second-order valence-electron chi connectivity index (χ2n) is 5.88. The molecule has 0 spiro atoms. The fourth-order valence-corrected chi connectivity index (χ4v) is 3.75. The summed E-state index contributed by atoms with van der Waals surface area (Å²) in [6.45, 7) is 8.31. The molecule has 0 bridgehead atoms. The SMILES string of the molecule is CNc1nn(CN2CCN(Cc3ccccc3C)CC2)c(=S)s1. The Balaban J connectivity index is 1.53. The number of rotatable bonds is 5. The highest BCUT2D eigenvalue weighted by molar-refractivity contribution is 7.73. The lowest BCUT2D eigenvalue weighted by atomic mass is 10.1. The van der Waals surface area contributed by atoms with Crippen molar-refractivity contribution < 1.29 is 0 Å². The van der Waals surface area contributed by atoms with Gasteiger partial charge >= 0.3 is 0 Å². The van der Waals surface area contributed by atoms with Crippen molar-refractivity contribution in [2.75, 3.05) is 38.5 Å². The third-order valence-electron chi connectivity index (χ3n) is 4.27. The van der Waals surface area contributed by atoms with Gasteiger partial charge in [0.15, 0.2) is 3.95 Å². The zero-order valence-corrected chi connectivity index (χ0v) is 15.3. The molecule has 0 atom stereocenters. The van der Waals surface area contributed by atoms with E-state index >= 15 is 0 Å². The van der Waals surface area contributed by atoms with Gasteiger partial charge in [-0.3, -0.25) is 9.80 Å². The molecule has 1 saturated heterocycles. The van der Waals surface area contributed by atoms with Crippen LogP contribution in [0.25, 0.3) is 0 Å². The van der Waals surface area contributed by atoms with Gasteiger partial charge in [0.2, 0.25) is 5.13 Å². The van der Waals surface area contributed by atoms with Crippen LogP contribution in [0.4, 0.5) is 5.13 Å². The molecular formula is C16H23N5S2. The zero-order valence-electron chi connectivity index (χ0n) is 13.7. The summed E-state index contributed by atoms with van der Waals surface area (Å²) in [4.78, 5) is 4.95. The van der Waals surface area contributed by atoms with Crippen molar-refractivity contribution in [2.24, 2.45) is 0 Å². The quantitative estimate of drug-likeness (QED) is 0.840. The molecule has 0 radical (unpaired) electrons. The smallest absolute Gasteiger partial charge is 0.204 e. The molecule has 1 fully saturated rings. The summed E-state index contributed by atoms with van der Waals surface area (Å²) in [6.07, 6.45) is 0. The molecule has 0 amide bonds. The van der Waals surface area contributed by atoms with Crippen molar-refractivity contribution in [3.05, 3.63) is 39.3 Å². The Labute approximate surface area is 146 Å². The van der Waals surface area contributed by atoms with Crippen LogP contribution in [0.3, 0.4) is 0 Å². The molecule has 2 aromatic rings. The van der Waals surface area contributed by atoms with Gasteiger partial charge in [-0.2, -0.15) is 0 Å². The number of hydrogen-bond donors (Lipinski definition) is 1. The first-order valence-corrected chi connectivity index (χ1v) is 9.13. The Morgan fingerprint density at radius 1 is 1.17 bits per heavy atom. The van der Waals surface area contributed by atoms with E-state index in [1.165, 1.54) is 22.5 Å². The normalized spacial score (nSPS) is 16.6. The molecule has 3 rings (SSSR count). The minimum absolute atomic E-state index is 0.787. The molecule has 124 valence electrons. The number of benzene rings is 1. The highest BCUT2D eigenvalue weighted by Gasteiger charge is 2.18. The molecule has 5 nitrogen and oxygen atoms in total. The molecule has 1 aliphatic rings. The fraction of sp³-hybridized carbons (Fsp3) is 0.500. The molecule has 2 heterocycles. The van der Waals surface area contributed by atoms with Gasteiger partial charge in [0, 0.05) is 39.8 Å². The van der Waals surface area contributed by atoms with Crippen molar-refractivity contribution in [3.63, 3.8) is 0 Å². The van der Waals surface area contributed by atoms with Gasteiger partial charge in [0.1, 0.15) is 0 Å². The Morgan fingerprint density at radius 3 is 2.52 bits per heavy atom. The van der Waals surface area contributed by atoms with E-state index in [9.17, 15) is 0 Å². The van der Waals surface area contributed by atoms with E-state index in [2.05, 4.69) is 51.4 Å². The van der Waals surface area contributed by atoms with E-state index in [0.717, 1.165) is 48.5 Å². The predicted octanol–water partition coefficient (Wildman–Crippen LogP) is 2.80. The van der Waals surface area contributed by atoms with Gasteiger partial charge in [-0.25, -0.2) is 4.68 Å². The molecule has 23 heavy (non-hydrogen) atoms. The highest BCUT2D eigenvalue weighted by atomic mass is 32.1. The number of hydrogen-bond acceptors (Lipinski definition) is 6. The highest BCUT2D eigenvalue weighted by Crippen LogP contribution is 2.15. The first-order chi connectivity index (χ1) is 11.2. The molecule has 1 aliphatic heterocycles. The predicted molar refractivity (Wildman–Crippen MR) is 98.5 cm³/mol. The Morgan fingerprint density at radius 2 is 1.87 bits per heavy atom. The number of aryl methyl sites for hydroxylation is 1. The average molecular weight is 350 g/mol. The molecule has 1 N–H and O–H groups in total. The maximum absolute atomic E-state index is 5.37. The third-order valence-corrected chi connectivity index (χ3v) is 5.60. The van der Waals surface area contributed by atoms with Crippen LogP contribution in [0.2, 0.25) is 0 Å². The van der Waals surface area contributed by atoms with Crippen LogP contribution in [-0.2, 0) is 13.2 Å². The van der Waals surface area contributed by atoms with Crippen LogP contribution in [0.1, 0.15) is 11.1 Å². The van der Waals surface area contributed by atoms with Crippen molar-refractivity contribution in [3.8, 4) is 0 Å². The van der Waals surface area contributed by atoms with E-state index in [-0.39, 0.29) is 0 Å². The van der Waals surface area contributed by atoms with Gasteiger partial charge in [-0.05, 0) is 30.3 Å². The summed E-state index contributed by atoms with van der Waals surface area (Å²) >= 11 is 6.90. The Bertz CT molecular complexity index is 700. The van der Waals surface area contributed by atoms with E-state index < -0.39 is 0 Å². The van der Waals surface area contributed by atoms with Gasteiger partial charge in [-0.15, -0.1) is 5.10 Å². The Kier molecular flexibility index (Phi) is 5.42. The number of piperazine rings is 1. The molecule has 0 saturated carbocycles. The standard InChI is InChI=1S/C16H23N5S2/c1-13-5-3-4-6-14(13)11-19-7-9-20(10-8-19)12-21-16(22)23-15(17-2)18-21/h3-6H,7-12H2,1-2H3,(H,17,18). The van der Waals surface area contributed by atoms with Crippen molar-refractivity contribution in [1.29, 1.82) is 0 Å².